The number of carbonyl (C=O) groups excluding carboxylic acids is 2. The summed E-state index contributed by atoms with van der Waals surface area (Å²) in [5.74, 6) is -1.67. The number of carboxylic acids is 1. The van der Waals surface area contributed by atoms with Crippen molar-refractivity contribution in [3.63, 3.8) is 0 Å². The van der Waals surface area contributed by atoms with Crippen molar-refractivity contribution in [3.8, 4) is 28.2 Å². The molecule has 2 aliphatic heterocycles. The molecule has 0 atom stereocenters. The molecule has 0 unspecified atom stereocenters. The SMILES string of the molecule is CSC1=CC(=O)N(CCc2ccc(-c3c4ccc(=O)cc-4oc4cc(O)ccc34)c(C(=O)O)c2)C1=O. The maximum atomic E-state index is 12.4. The molecule has 0 radical (unpaired) electrons. The van der Waals surface area contributed by atoms with Crippen molar-refractivity contribution in [3.05, 3.63) is 86.9 Å². The van der Waals surface area contributed by atoms with Crippen LogP contribution in [-0.2, 0) is 16.0 Å². The molecule has 5 rings (SSSR count). The van der Waals surface area contributed by atoms with Crippen molar-refractivity contribution in [2.75, 3.05) is 12.8 Å². The van der Waals surface area contributed by atoms with Gasteiger partial charge in [-0.25, -0.2) is 4.79 Å². The lowest BCUT2D eigenvalue weighted by Crippen LogP contribution is -2.32. The van der Waals surface area contributed by atoms with Crippen LogP contribution in [0.1, 0.15) is 15.9 Å². The van der Waals surface area contributed by atoms with E-state index in [1.165, 1.54) is 48.2 Å². The molecule has 2 N–H and O–H groups in total. The lowest BCUT2D eigenvalue weighted by Gasteiger charge is -2.18. The Bertz CT molecular complexity index is 1640. The van der Waals surface area contributed by atoms with E-state index in [1.54, 1.807) is 30.5 Å². The number of benzene rings is 3. The number of phenolic OH excluding ortho intramolecular Hbond substituents is 1. The number of hydrogen-bond donors (Lipinski definition) is 2. The highest BCUT2D eigenvalue weighted by atomic mass is 32.2. The smallest absolute Gasteiger partial charge is 0.336 e. The van der Waals surface area contributed by atoms with Crippen molar-refractivity contribution < 1.29 is 29.0 Å². The molecule has 2 heterocycles. The van der Waals surface area contributed by atoms with Gasteiger partial charge in [-0.15, -0.1) is 11.8 Å². The number of carbonyl (C=O) groups is 3. The minimum Gasteiger partial charge on any atom is -0.508 e. The summed E-state index contributed by atoms with van der Waals surface area (Å²) >= 11 is 1.21. The summed E-state index contributed by atoms with van der Waals surface area (Å²) in [5.41, 5.74) is 2.19. The number of rotatable bonds is 6. The van der Waals surface area contributed by atoms with E-state index in [9.17, 15) is 29.4 Å². The third-order valence-corrected chi connectivity index (χ3v) is 6.81. The predicted molar refractivity (Wildman–Crippen MR) is 135 cm³/mol. The van der Waals surface area contributed by atoms with Gasteiger partial charge in [-0.2, -0.15) is 0 Å². The molecule has 180 valence electrons. The topological polar surface area (TPSA) is 125 Å². The molecule has 36 heavy (non-hydrogen) atoms. The van der Waals surface area contributed by atoms with Crippen LogP contribution in [0.5, 0.6) is 5.75 Å². The fourth-order valence-electron chi connectivity index (χ4n) is 4.37. The van der Waals surface area contributed by atoms with Crippen molar-refractivity contribution in [2.45, 2.75) is 6.42 Å². The highest BCUT2D eigenvalue weighted by Crippen LogP contribution is 2.42. The third-order valence-electron chi connectivity index (χ3n) is 6.08. The molecule has 8 nitrogen and oxygen atoms in total. The number of imide groups is 1. The van der Waals surface area contributed by atoms with Crippen molar-refractivity contribution in [2.24, 2.45) is 0 Å². The van der Waals surface area contributed by atoms with E-state index in [2.05, 4.69) is 0 Å². The minimum atomic E-state index is -1.16. The van der Waals surface area contributed by atoms with Gasteiger partial charge in [0.2, 0.25) is 0 Å². The van der Waals surface area contributed by atoms with Crippen LogP contribution in [0.3, 0.4) is 0 Å². The quantitative estimate of drug-likeness (QED) is 0.299. The molecule has 0 spiro atoms. The highest BCUT2D eigenvalue weighted by molar-refractivity contribution is 8.03. The average Bonchev–Trinajstić information content (AvgIpc) is 3.13. The number of nitrogens with zero attached hydrogens (tertiary/aromatic N) is 1. The second-order valence-electron chi connectivity index (χ2n) is 8.26. The van der Waals surface area contributed by atoms with E-state index >= 15 is 0 Å². The minimum absolute atomic E-state index is 0.0163. The predicted octanol–water partition coefficient (Wildman–Crippen LogP) is 4.13. The van der Waals surface area contributed by atoms with Gasteiger partial charge in [-0.3, -0.25) is 19.3 Å². The second-order valence-corrected chi connectivity index (χ2v) is 9.11. The monoisotopic (exact) mass is 501 g/mol. The van der Waals surface area contributed by atoms with E-state index in [0.717, 1.165) is 4.90 Å². The summed E-state index contributed by atoms with van der Waals surface area (Å²) in [4.78, 5) is 50.3. The lowest BCUT2D eigenvalue weighted by atomic mass is 9.89. The maximum Gasteiger partial charge on any atom is 0.336 e. The van der Waals surface area contributed by atoms with E-state index in [0.29, 0.717) is 38.1 Å². The van der Waals surface area contributed by atoms with Crippen molar-refractivity contribution in [1.29, 1.82) is 0 Å². The average molecular weight is 502 g/mol. The standard InChI is InChI=1S/C27H19NO7S/c1-36-23-13-24(31)28(26(23)32)9-8-14-2-5-17(20(10-14)27(33)34)25-18-6-3-15(29)11-21(18)35-22-12-16(30)4-7-19(22)25/h2-7,10-13,29H,8-9H2,1H3,(H,33,34). The maximum absolute atomic E-state index is 12.4. The second kappa shape index (κ2) is 9.01. The third kappa shape index (κ3) is 4.03. The summed E-state index contributed by atoms with van der Waals surface area (Å²) in [6, 6.07) is 13.7. The Hall–Kier alpha value is -4.37. The molecule has 0 aromatic heterocycles. The molecule has 9 heteroatoms. The largest absolute Gasteiger partial charge is 0.508 e. The fourth-order valence-corrected chi connectivity index (χ4v) is 4.88. The summed E-state index contributed by atoms with van der Waals surface area (Å²) < 4.78 is 5.84. The fraction of sp³-hybridized carbons (Fsp3) is 0.111. The molecule has 2 aromatic carbocycles. The zero-order valence-corrected chi connectivity index (χ0v) is 19.8. The van der Waals surface area contributed by atoms with Gasteiger partial charge in [0, 0.05) is 41.3 Å². The zero-order valence-electron chi connectivity index (χ0n) is 19.0. The molecular weight excluding hydrogens is 482 g/mol. The van der Waals surface area contributed by atoms with E-state index < -0.39 is 5.97 Å². The molecule has 2 aromatic rings. The van der Waals surface area contributed by atoms with Crippen LogP contribution in [0, 0.1) is 0 Å². The van der Waals surface area contributed by atoms with Gasteiger partial charge in [-0.1, -0.05) is 12.1 Å². The highest BCUT2D eigenvalue weighted by Gasteiger charge is 2.30. The van der Waals surface area contributed by atoms with Gasteiger partial charge in [-0.05, 0) is 54.1 Å². The number of carboxylic acid groups (broad SMARTS) is 1. The molecular formula is C27H19NO7S. The van der Waals surface area contributed by atoms with E-state index in [-0.39, 0.29) is 47.3 Å². The molecule has 2 amide bonds. The first-order valence-corrected chi connectivity index (χ1v) is 12.2. The summed E-state index contributed by atoms with van der Waals surface area (Å²) in [6.07, 6.45) is 3.31. The Morgan fingerprint density at radius 3 is 2.50 bits per heavy atom. The number of thioether (sulfide) groups is 1. The van der Waals surface area contributed by atoms with Gasteiger partial charge in [0.25, 0.3) is 11.8 Å². The summed E-state index contributed by atoms with van der Waals surface area (Å²) in [6.45, 7) is 0.123. The van der Waals surface area contributed by atoms with E-state index in [4.69, 9.17) is 4.42 Å². The first-order valence-electron chi connectivity index (χ1n) is 10.9. The Morgan fingerprint density at radius 1 is 1.00 bits per heavy atom. The van der Waals surface area contributed by atoms with Crippen molar-refractivity contribution >= 4 is 40.5 Å². The van der Waals surface area contributed by atoms with Crippen molar-refractivity contribution in [1.82, 2.24) is 4.90 Å². The normalized spacial score (nSPS) is 13.6. The van der Waals surface area contributed by atoms with Gasteiger partial charge < -0.3 is 14.6 Å². The van der Waals surface area contributed by atoms with E-state index in [1.807, 2.05) is 0 Å². The Balaban J connectivity index is 1.60. The van der Waals surface area contributed by atoms with Gasteiger partial charge in [0.1, 0.15) is 17.1 Å². The Kier molecular flexibility index (Phi) is 5.85. The van der Waals surface area contributed by atoms with Crippen LogP contribution in [-0.4, -0.2) is 45.7 Å². The number of phenols is 1. The Morgan fingerprint density at radius 2 is 1.78 bits per heavy atom. The Labute approximate surface area is 208 Å². The number of amides is 2. The van der Waals surface area contributed by atoms with Gasteiger partial charge >= 0.3 is 5.97 Å². The molecule has 0 bridgehead atoms. The number of fused-ring (bicyclic) bond motifs is 2. The lowest BCUT2D eigenvalue weighted by molar-refractivity contribution is -0.136. The van der Waals surface area contributed by atoms with Crippen LogP contribution in [0.15, 0.2) is 74.8 Å². The number of hydrogen-bond acceptors (Lipinski definition) is 7. The summed E-state index contributed by atoms with van der Waals surface area (Å²) in [7, 11) is 0. The first kappa shape index (κ1) is 23.4. The van der Waals surface area contributed by atoms with Crippen LogP contribution in [0.4, 0.5) is 0 Å². The number of aromatic carboxylic acids is 1. The van der Waals surface area contributed by atoms with Crippen LogP contribution < -0.4 is 5.43 Å². The molecule has 0 saturated carbocycles. The molecule has 0 fully saturated rings. The first-order chi connectivity index (χ1) is 17.3. The van der Waals surface area contributed by atoms with Crippen LogP contribution in [0.25, 0.3) is 33.4 Å². The molecule has 1 aliphatic carbocycles. The molecule has 0 saturated heterocycles. The van der Waals surface area contributed by atoms with Gasteiger partial charge in [0.05, 0.1) is 10.5 Å². The van der Waals surface area contributed by atoms with Crippen LogP contribution >= 0.6 is 11.8 Å². The summed E-state index contributed by atoms with van der Waals surface area (Å²) in [5, 5.41) is 20.6. The molecule has 3 aliphatic rings. The van der Waals surface area contributed by atoms with Crippen LogP contribution in [0.2, 0.25) is 0 Å². The zero-order chi connectivity index (χ0) is 25.6. The van der Waals surface area contributed by atoms with Gasteiger partial charge in [0.15, 0.2) is 5.43 Å². The number of aromatic hydroxyl groups is 1.